The molecule has 0 bridgehead atoms. The van der Waals surface area contributed by atoms with Crippen LogP contribution in [-0.2, 0) is 16.1 Å². The molecule has 0 aliphatic carbocycles. The third-order valence-corrected chi connectivity index (χ3v) is 5.11. The van der Waals surface area contributed by atoms with E-state index >= 15 is 0 Å². The predicted octanol–water partition coefficient (Wildman–Crippen LogP) is 2.53. The molecule has 5 heteroatoms. The maximum atomic E-state index is 12.3. The van der Waals surface area contributed by atoms with Crippen LogP contribution in [0.1, 0.15) is 12.8 Å². The number of hydrogen-bond donors (Lipinski definition) is 1. The average Bonchev–Trinajstić information content (AvgIpc) is 3.14. The largest absolute Gasteiger partial charge is 0.353 e. The minimum atomic E-state index is -0.328. The summed E-state index contributed by atoms with van der Waals surface area (Å²) in [6.07, 6.45) is 1.07. The van der Waals surface area contributed by atoms with Crippen LogP contribution < -0.4 is 5.32 Å². The molecule has 1 saturated heterocycles. The fourth-order valence-electron chi connectivity index (χ4n) is 3.76. The van der Waals surface area contributed by atoms with Gasteiger partial charge in [-0.1, -0.05) is 36.4 Å². The molecule has 1 aliphatic rings. The number of likely N-dealkylation sites (N-methyl/N-ethyl adjacent to an activating group) is 1. The van der Waals surface area contributed by atoms with E-state index in [-0.39, 0.29) is 17.9 Å². The van der Waals surface area contributed by atoms with Crippen molar-refractivity contribution in [2.75, 3.05) is 13.6 Å². The standard InChI is InChI=1S/C20H21N3O2/c1-22-18(10-11-19(22)24)20(25)21-12-13-23-16-8-4-2-6-14(16)15-7-3-5-9-17(15)23/h2-9,18H,10-13H2,1H3,(H,21,25)/t18-/m1/s1. The zero-order chi connectivity index (χ0) is 17.4. The lowest BCUT2D eigenvalue weighted by molar-refractivity contribution is -0.133. The Morgan fingerprint density at radius 1 is 1.08 bits per heavy atom. The molecule has 0 spiro atoms. The number of nitrogens with one attached hydrogen (secondary N) is 1. The van der Waals surface area contributed by atoms with Crippen LogP contribution in [0.25, 0.3) is 21.8 Å². The van der Waals surface area contributed by atoms with Gasteiger partial charge in [0.25, 0.3) is 0 Å². The van der Waals surface area contributed by atoms with Crippen molar-refractivity contribution in [3.63, 3.8) is 0 Å². The van der Waals surface area contributed by atoms with Gasteiger partial charge >= 0.3 is 0 Å². The number of rotatable bonds is 4. The molecule has 5 nitrogen and oxygen atoms in total. The number of aromatic nitrogens is 1. The number of amides is 2. The van der Waals surface area contributed by atoms with Crippen molar-refractivity contribution in [1.29, 1.82) is 0 Å². The number of hydrogen-bond acceptors (Lipinski definition) is 2. The summed E-state index contributed by atoms with van der Waals surface area (Å²) in [5.74, 6) is -0.0170. The van der Waals surface area contributed by atoms with Crippen LogP contribution in [0.2, 0.25) is 0 Å². The molecule has 2 aromatic carbocycles. The van der Waals surface area contributed by atoms with E-state index in [1.165, 1.54) is 21.8 Å². The van der Waals surface area contributed by atoms with Crippen LogP contribution in [0.3, 0.4) is 0 Å². The van der Waals surface area contributed by atoms with Crippen LogP contribution in [0.4, 0.5) is 0 Å². The molecule has 128 valence electrons. The first kappa shape index (κ1) is 15.7. The van der Waals surface area contributed by atoms with E-state index < -0.39 is 0 Å². The van der Waals surface area contributed by atoms with Crippen LogP contribution >= 0.6 is 0 Å². The second-order valence-corrected chi connectivity index (χ2v) is 6.54. The molecule has 2 heterocycles. The molecular formula is C20H21N3O2. The smallest absolute Gasteiger partial charge is 0.242 e. The van der Waals surface area contributed by atoms with E-state index in [0.29, 0.717) is 25.9 Å². The first-order valence-corrected chi connectivity index (χ1v) is 8.66. The molecule has 1 atom stereocenters. The molecule has 0 saturated carbocycles. The highest BCUT2D eigenvalue weighted by Gasteiger charge is 2.32. The highest BCUT2D eigenvalue weighted by molar-refractivity contribution is 6.07. The van der Waals surface area contributed by atoms with Gasteiger partial charge in [0, 0.05) is 48.4 Å². The van der Waals surface area contributed by atoms with Crippen LogP contribution in [0.15, 0.2) is 48.5 Å². The second kappa shape index (κ2) is 6.24. The molecule has 0 radical (unpaired) electrons. The topological polar surface area (TPSA) is 54.3 Å². The summed E-state index contributed by atoms with van der Waals surface area (Å²) in [4.78, 5) is 25.5. The number of fused-ring (bicyclic) bond motifs is 3. The van der Waals surface area contributed by atoms with Gasteiger partial charge in [0.15, 0.2) is 0 Å². The van der Waals surface area contributed by atoms with Gasteiger partial charge in [0.1, 0.15) is 6.04 Å². The zero-order valence-corrected chi connectivity index (χ0v) is 14.2. The maximum Gasteiger partial charge on any atom is 0.242 e. The Morgan fingerprint density at radius 3 is 2.24 bits per heavy atom. The molecule has 1 fully saturated rings. The maximum absolute atomic E-state index is 12.3. The highest BCUT2D eigenvalue weighted by atomic mass is 16.2. The molecule has 25 heavy (non-hydrogen) atoms. The molecule has 1 aromatic heterocycles. The Hall–Kier alpha value is -2.82. The van der Waals surface area contributed by atoms with Gasteiger partial charge in [-0.25, -0.2) is 0 Å². The van der Waals surface area contributed by atoms with E-state index in [1.807, 2.05) is 24.3 Å². The highest BCUT2D eigenvalue weighted by Crippen LogP contribution is 2.28. The van der Waals surface area contributed by atoms with Crippen LogP contribution in [-0.4, -0.2) is 40.9 Å². The third kappa shape index (κ3) is 2.65. The van der Waals surface area contributed by atoms with Crippen molar-refractivity contribution in [3.05, 3.63) is 48.5 Å². The van der Waals surface area contributed by atoms with Crippen molar-refractivity contribution < 1.29 is 9.59 Å². The normalized spacial score (nSPS) is 17.6. The Labute approximate surface area is 146 Å². The van der Waals surface area contributed by atoms with E-state index in [1.54, 1.807) is 11.9 Å². The fraction of sp³-hybridized carbons (Fsp3) is 0.300. The molecule has 1 aliphatic heterocycles. The molecule has 0 unspecified atom stereocenters. The third-order valence-electron chi connectivity index (χ3n) is 5.11. The molecule has 4 rings (SSSR count). The van der Waals surface area contributed by atoms with Crippen molar-refractivity contribution >= 4 is 33.6 Å². The Kier molecular flexibility index (Phi) is 3.92. The van der Waals surface area contributed by atoms with Gasteiger partial charge in [-0.15, -0.1) is 0 Å². The number of carbonyl (C=O) groups is 2. The number of likely N-dealkylation sites (tertiary alicyclic amines) is 1. The predicted molar refractivity (Wildman–Crippen MR) is 98.2 cm³/mol. The lowest BCUT2D eigenvalue weighted by Crippen LogP contribution is -2.43. The van der Waals surface area contributed by atoms with Gasteiger partial charge in [-0.05, 0) is 18.6 Å². The van der Waals surface area contributed by atoms with Gasteiger partial charge in [0.2, 0.25) is 11.8 Å². The first-order chi connectivity index (χ1) is 12.2. The average molecular weight is 335 g/mol. The monoisotopic (exact) mass is 335 g/mol. The van der Waals surface area contributed by atoms with Crippen molar-refractivity contribution in [1.82, 2.24) is 14.8 Å². The van der Waals surface area contributed by atoms with Crippen LogP contribution in [0, 0.1) is 0 Å². The van der Waals surface area contributed by atoms with E-state index in [9.17, 15) is 9.59 Å². The zero-order valence-electron chi connectivity index (χ0n) is 14.2. The first-order valence-electron chi connectivity index (χ1n) is 8.66. The number of benzene rings is 2. The summed E-state index contributed by atoms with van der Waals surface area (Å²) >= 11 is 0. The van der Waals surface area contributed by atoms with E-state index in [4.69, 9.17) is 0 Å². The Balaban J connectivity index is 1.53. The summed E-state index contributed by atoms with van der Waals surface area (Å²) in [5.41, 5.74) is 2.34. The SMILES string of the molecule is CN1C(=O)CC[C@@H]1C(=O)NCCn1c2ccccc2c2ccccc21. The summed E-state index contributed by atoms with van der Waals surface area (Å²) in [6.45, 7) is 1.24. The van der Waals surface area contributed by atoms with Gasteiger partial charge in [-0.2, -0.15) is 0 Å². The molecular weight excluding hydrogens is 314 g/mol. The number of carbonyl (C=O) groups excluding carboxylic acids is 2. The van der Waals surface area contributed by atoms with Gasteiger partial charge < -0.3 is 14.8 Å². The van der Waals surface area contributed by atoms with Crippen molar-refractivity contribution in [3.8, 4) is 0 Å². The summed E-state index contributed by atoms with van der Waals surface area (Å²) in [7, 11) is 1.70. The molecule has 2 amide bonds. The van der Waals surface area contributed by atoms with Gasteiger partial charge in [0.05, 0.1) is 0 Å². The second-order valence-electron chi connectivity index (χ2n) is 6.54. The Bertz CT molecular complexity index is 907. The van der Waals surface area contributed by atoms with Crippen LogP contribution in [0.5, 0.6) is 0 Å². The summed E-state index contributed by atoms with van der Waals surface area (Å²) < 4.78 is 2.24. The number of nitrogens with zero attached hydrogens (tertiary/aromatic N) is 2. The summed E-state index contributed by atoms with van der Waals surface area (Å²) in [5, 5.41) is 5.44. The van der Waals surface area contributed by atoms with E-state index in [2.05, 4.69) is 34.1 Å². The van der Waals surface area contributed by atoms with E-state index in [0.717, 1.165) is 0 Å². The lowest BCUT2D eigenvalue weighted by atomic mass is 10.2. The Morgan fingerprint density at radius 2 is 1.68 bits per heavy atom. The minimum Gasteiger partial charge on any atom is -0.353 e. The van der Waals surface area contributed by atoms with Gasteiger partial charge in [-0.3, -0.25) is 9.59 Å². The number of para-hydroxylation sites is 2. The quantitative estimate of drug-likeness (QED) is 0.796. The fourth-order valence-corrected chi connectivity index (χ4v) is 3.76. The minimum absolute atomic E-state index is 0.0440. The van der Waals surface area contributed by atoms with Crippen molar-refractivity contribution in [2.24, 2.45) is 0 Å². The summed E-state index contributed by atoms with van der Waals surface area (Å²) in [6, 6.07) is 16.3. The van der Waals surface area contributed by atoms with Crippen molar-refractivity contribution in [2.45, 2.75) is 25.4 Å². The molecule has 1 N–H and O–H groups in total. The lowest BCUT2D eigenvalue weighted by Gasteiger charge is -2.19. The molecule has 3 aromatic rings.